The van der Waals surface area contributed by atoms with Crippen molar-refractivity contribution in [2.24, 2.45) is 16.8 Å². The van der Waals surface area contributed by atoms with Gasteiger partial charge in [0.1, 0.15) is 40.8 Å². The van der Waals surface area contributed by atoms with E-state index in [0.717, 1.165) is 144 Å². The number of aliphatic imine (C=N–C) groups is 1. The number of carbonyl (C=O) groups is 5. The number of H-pyrrole nitrogens is 1. The second-order valence-corrected chi connectivity index (χ2v) is 26.6. The predicted octanol–water partition coefficient (Wildman–Crippen LogP) is 8.06. The molecular weight excluding hydrogens is 1080 g/mol. The lowest BCUT2D eigenvalue weighted by Gasteiger charge is -2.40. The van der Waals surface area contributed by atoms with Crippen LogP contribution >= 0.6 is 11.6 Å². The molecule has 19 nitrogen and oxygen atoms in total. The third kappa shape index (κ3) is 13.3. The van der Waals surface area contributed by atoms with Crippen LogP contribution < -0.4 is 10.2 Å². The van der Waals surface area contributed by atoms with Crippen LogP contribution in [0.3, 0.4) is 0 Å². The lowest BCUT2D eigenvalue weighted by Crippen LogP contribution is -2.55. The highest BCUT2D eigenvalue weighted by atomic mass is 35.5. The van der Waals surface area contributed by atoms with Gasteiger partial charge in [-0.05, 0) is 139 Å². The van der Waals surface area contributed by atoms with Crippen molar-refractivity contribution < 1.29 is 33.4 Å². The minimum atomic E-state index is -0.664. The molecule has 1 spiro atoms. The first-order valence-corrected chi connectivity index (χ1v) is 31.8. The molecule has 84 heavy (non-hydrogen) atoms. The highest BCUT2D eigenvalue weighted by Gasteiger charge is 2.65. The first-order valence-electron chi connectivity index (χ1n) is 31.4. The van der Waals surface area contributed by atoms with Gasteiger partial charge in [-0.15, -0.1) is 0 Å². The van der Waals surface area contributed by atoms with E-state index in [4.69, 9.17) is 26.1 Å². The SMILES string of the molecule is CC(C)(C)OC(=O)N1C(=N[C@@H](CCN2CCN(C(=O)CN3CCC(OC4CCN(C(=O)[C@H](NC(=O)c5cccc(C6CN(C(=O)C7CC7)C6)c5)C5CCCCC5)CC4)CC3)CC2)c2ccc(Cl)cc2)C12CCN(c1ncnc3[nH]ccc13)CC2. The molecule has 2 N–H and O–H groups in total. The number of ether oxygens (including phenoxy) is 2. The number of piperazine rings is 1. The molecule has 2 aliphatic carbocycles. The summed E-state index contributed by atoms with van der Waals surface area (Å²) in [5.41, 5.74) is 2.27. The van der Waals surface area contributed by atoms with Gasteiger partial charge in [0.2, 0.25) is 17.7 Å². The molecule has 2 saturated carbocycles. The number of anilines is 1. The van der Waals surface area contributed by atoms with E-state index in [9.17, 15) is 24.0 Å². The molecule has 8 aliphatic rings. The Hall–Kier alpha value is -6.15. The fraction of sp³-hybridized carbons (Fsp3) is 0.625. The molecule has 5 amide bonds. The highest BCUT2D eigenvalue weighted by Crippen LogP contribution is 2.48. The summed E-state index contributed by atoms with van der Waals surface area (Å²) < 4.78 is 12.7. The number of likely N-dealkylation sites (tertiary alicyclic amines) is 3. The molecule has 2 aromatic carbocycles. The number of hydrogen-bond donors (Lipinski definition) is 2. The number of aromatic amines is 1. The van der Waals surface area contributed by atoms with Gasteiger partial charge in [-0.2, -0.15) is 0 Å². The minimum Gasteiger partial charge on any atom is -0.443 e. The van der Waals surface area contributed by atoms with Gasteiger partial charge in [-0.25, -0.2) is 19.7 Å². The molecule has 12 rings (SSSR count). The number of nitrogens with one attached hydrogen (secondary N) is 2. The summed E-state index contributed by atoms with van der Waals surface area (Å²) in [7, 11) is 0. The number of hydrogen-bond acceptors (Lipinski definition) is 13. The van der Waals surface area contributed by atoms with E-state index < -0.39 is 17.2 Å². The molecule has 2 aromatic heterocycles. The number of rotatable bonds is 16. The zero-order valence-electron chi connectivity index (χ0n) is 49.4. The fourth-order valence-electron chi connectivity index (χ4n) is 14.0. The van der Waals surface area contributed by atoms with E-state index >= 15 is 0 Å². The number of amidine groups is 1. The van der Waals surface area contributed by atoms with Crippen LogP contribution in [0, 0.1) is 11.8 Å². The van der Waals surface area contributed by atoms with Crippen molar-refractivity contribution in [2.75, 3.05) is 96.5 Å². The Bertz CT molecular complexity index is 3030. The Morgan fingerprint density at radius 2 is 1.48 bits per heavy atom. The van der Waals surface area contributed by atoms with Crippen LogP contribution in [0.15, 0.2) is 72.1 Å². The highest BCUT2D eigenvalue weighted by molar-refractivity contribution is 6.30. The van der Waals surface area contributed by atoms with Crippen molar-refractivity contribution in [1.82, 2.24) is 49.7 Å². The maximum absolute atomic E-state index is 14.4. The van der Waals surface area contributed by atoms with Crippen molar-refractivity contribution in [3.63, 3.8) is 0 Å². The number of aromatic nitrogens is 3. The van der Waals surface area contributed by atoms with Crippen LogP contribution in [0.2, 0.25) is 5.02 Å². The number of amides is 5. The van der Waals surface area contributed by atoms with Gasteiger partial charge >= 0.3 is 6.09 Å². The third-order valence-corrected chi connectivity index (χ3v) is 19.5. The zero-order chi connectivity index (χ0) is 58.1. The Morgan fingerprint density at radius 1 is 0.774 bits per heavy atom. The third-order valence-electron chi connectivity index (χ3n) is 19.2. The van der Waals surface area contributed by atoms with Crippen molar-refractivity contribution in [3.05, 3.63) is 88.8 Å². The van der Waals surface area contributed by atoms with E-state index in [1.54, 1.807) is 11.2 Å². The Kier molecular flexibility index (Phi) is 17.4. The second-order valence-electron chi connectivity index (χ2n) is 26.1. The largest absolute Gasteiger partial charge is 0.443 e. The van der Waals surface area contributed by atoms with Crippen LogP contribution in [-0.4, -0.2) is 201 Å². The number of nitrogens with zero attached hydrogens (tertiary/aromatic N) is 10. The van der Waals surface area contributed by atoms with Gasteiger partial charge in [0.15, 0.2) is 0 Å². The van der Waals surface area contributed by atoms with E-state index in [1.165, 1.54) is 0 Å². The summed E-state index contributed by atoms with van der Waals surface area (Å²) in [6.45, 7) is 15.3. The van der Waals surface area contributed by atoms with Gasteiger partial charge in [0, 0.05) is 114 Å². The lowest BCUT2D eigenvalue weighted by molar-refractivity contribution is -0.140. The normalized spacial score (nSPS) is 22.8. The predicted molar refractivity (Wildman–Crippen MR) is 322 cm³/mol. The summed E-state index contributed by atoms with van der Waals surface area (Å²) in [6.07, 6.45) is 15.8. The number of carbonyl (C=O) groups excluding carboxylic acids is 5. The molecule has 8 fully saturated rings. The smallest absolute Gasteiger partial charge is 0.416 e. The molecule has 0 bridgehead atoms. The van der Waals surface area contributed by atoms with Crippen molar-refractivity contribution in [3.8, 4) is 0 Å². The molecule has 0 radical (unpaired) electrons. The van der Waals surface area contributed by atoms with Crippen LogP contribution in [-0.2, 0) is 23.9 Å². The van der Waals surface area contributed by atoms with Crippen molar-refractivity contribution in [2.45, 2.75) is 152 Å². The summed E-state index contributed by atoms with van der Waals surface area (Å²) in [4.78, 5) is 101. The molecule has 6 saturated heterocycles. The summed E-state index contributed by atoms with van der Waals surface area (Å²) in [5.74, 6) is 2.47. The van der Waals surface area contributed by atoms with Gasteiger partial charge in [-0.3, -0.25) is 34.0 Å². The van der Waals surface area contributed by atoms with Gasteiger partial charge in [0.25, 0.3) is 5.91 Å². The average Bonchev–Trinajstić information content (AvgIpc) is 1.59. The van der Waals surface area contributed by atoms with E-state index in [2.05, 4.69) is 35.0 Å². The summed E-state index contributed by atoms with van der Waals surface area (Å²) >= 11 is 6.40. The molecular formula is C64H85ClN12O7. The van der Waals surface area contributed by atoms with E-state index in [1.807, 2.05) is 96.3 Å². The molecule has 0 unspecified atom stereocenters. The molecule has 20 heteroatoms. The summed E-state index contributed by atoms with van der Waals surface area (Å²) in [5, 5.41) is 4.86. The van der Waals surface area contributed by atoms with Crippen LogP contribution in [0.1, 0.15) is 144 Å². The first kappa shape index (κ1) is 58.2. The van der Waals surface area contributed by atoms with E-state index in [0.29, 0.717) is 82.3 Å². The average molecular weight is 1170 g/mol. The number of fused-ring (bicyclic) bond motifs is 1. The molecule has 6 aliphatic heterocycles. The molecule has 2 atom stereocenters. The Labute approximate surface area is 499 Å². The maximum Gasteiger partial charge on any atom is 0.416 e. The van der Waals surface area contributed by atoms with Gasteiger partial charge < -0.3 is 39.4 Å². The maximum atomic E-state index is 14.4. The molecule has 8 heterocycles. The lowest BCUT2D eigenvalue weighted by atomic mass is 9.83. The number of benzene rings is 2. The zero-order valence-corrected chi connectivity index (χ0v) is 50.2. The van der Waals surface area contributed by atoms with Gasteiger partial charge in [-0.1, -0.05) is 55.1 Å². The molecule has 4 aromatic rings. The number of halogens is 1. The van der Waals surface area contributed by atoms with Crippen LogP contribution in [0.5, 0.6) is 0 Å². The Morgan fingerprint density at radius 3 is 2.17 bits per heavy atom. The second kappa shape index (κ2) is 25.1. The monoisotopic (exact) mass is 1170 g/mol. The first-order chi connectivity index (χ1) is 40.6. The van der Waals surface area contributed by atoms with Crippen molar-refractivity contribution in [1.29, 1.82) is 0 Å². The van der Waals surface area contributed by atoms with E-state index in [-0.39, 0.29) is 65.7 Å². The summed E-state index contributed by atoms with van der Waals surface area (Å²) in [6, 6.07) is 16.9. The standard InChI is InChI=1S/C64H85ClN12O7/c1-63(2,3)84-62(82)77-61(64(77)24-32-74(33-25-64)57-52-18-26-66-56(52)67-42-68-57)69-53(43-14-16-49(65)17-15-43)23-29-71-34-36-73(37-35-71)54(78)41-72-27-19-50(20-28-72)83-51-21-30-75(31-22-51)60(81)55(44-8-5-4-6-9-44)70-58(79)47-11-7-10-46(38-47)48-39-76(40-48)59(80)45-12-13-45/h7,10-11,14-18,26,38,42,44-45,48,50-51,53,55H,4-6,8-9,12-13,19-25,27-37,39-41H2,1-3H3,(H,70,79)(H,66,67,68)/t53-,55+,77?/m0/s1. The van der Waals surface area contributed by atoms with Gasteiger partial charge in [0.05, 0.1) is 30.2 Å². The van der Waals surface area contributed by atoms with Crippen LogP contribution in [0.25, 0.3) is 11.0 Å². The quantitative estimate of drug-likeness (QED) is 0.103. The van der Waals surface area contributed by atoms with Crippen molar-refractivity contribution >= 4 is 64.0 Å². The number of piperidine rings is 3. The minimum absolute atomic E-state index is 0.0222. The molecule has 450 valence electrons. The topological polar surface area (TPSA) is 192 Å². The Balaban J connectivity index is 0.589. The fourth-order valence-corrected chi connectivity index (χ4v) is 14.1. The van der Waals surface area contributed by atoms with Crippen LogP contribution in [0.4, 0.5) is 10.6 Å².